The molecule has 0 aliphatic rings. The third-order valence-corrected chi connectivity index (χ3v) is 4.15. The largest absolute Gasteiger partial charge is 0.444 e. The number of thioether (sulfide) groups is 1. The van der Waals surface area contributed by atoms with Crippen LogP contribution in [0.2, 0.25) is 0 Å². The number of carbonyl (C=O) groups excluding carboxylic acids is 1. The lowest BCUT2D eigenvalue weighted by Gasteiger charge is -2.20. The second-order valence-corrected chi connectivity index (χ2v) is 7.94. The number of anilines is 1. The van der Waals surface area contributed by atoms with Gasteiger partial charge >= 0.3 is 6.09 Å². The van der Waals surface area contributed by atoms with Crippen molar-refractivity contribution >= 4 is 39.5 Å². The summed E-state index contributed by atoms with van der Waals surface area (Å²) < 4.78 is 5.98. The van der Waals surface area contributed by atoms with Gasteiger partial charge in [0.2, 0.25) is 0 Å². The lowest BCUT2D eigenvalue weighted by Crippen LogP contribution is -2.27. The van der Waals surface area contributed by atoms with Crippen LogP contribution >= 0.6 is 27.7 Å². The fourth-order valence-electron chi connectivity index (χ4n) is 2.08. The standard InChI is InChI=1S/C17H17BrN4O3S/c1-17(2,3)25-16(24)20-12-6-5-9(18)7-10(12)13-11(8-19)14(23)22-15(21-13)26-4/h5-7H,1-4H3,(H,20,24)(H,21,22,23). The number of carbonyl (C=O) groups is 1. The van der Waals surface area contributed by atoms with Gasteiger partial charge in [0.05, 0.1) is 11.4 Å². The molecule has 2 rings (SSSR count). The third kappa shape index (κ3) is 4.86. The summed E-state index contributed by atoms with van der Waals surface area (Å²) in [4.78, 5) is 31.2. The summed E-state index contributed by atoms with van der Waals surface area (Å²) in [5, 5.41) is 12.4. The first-order valence-corrected chi connectivity index (χ1v) is 9.54. The van der Waals surface area contributed by atoms with E-state index < -0.39 is 17.3 Å². The molecule has 2 aromatic rings. The minimum absolute atomic E-state index is 0.131. The van der Waals surface area contributed by atoms with Crippen LogP contribution in [0, 0.1) is 11.3 Å². The second-order valence-electron chi connectivity index (χ2n) is 6.23. The van der Waals surface area contributed by atoms with Crippen LogP contribution in [0.5, 0.6) is 0 Å². The Kier molecular flexibility index (Phi) is 6.10. The Morgan fingerprint density at radius 2 is 2.12 bits per heavy atom. The van der Waals surface area contributed by atoms with Crippen molar-refractivity contribution in [2.75, 3.05) is 11.6 Å². The fraction of sp³-hybridized carbons (Fsp3) is 0.294. The van der Waals surface area contributed by atoms with Gasteiger partial charge in [0.1, 0.15) is 17.2 Å². The number of amides is 1. The van der Waals surface area contributed by atoms with Gasteiger partial charge in [-0.05, 0) is 45.2 Å². The Balaban J connectivity index is 2.59. The molecule has 0 radical (unpaired) electrons. The van der Waals surface area contributed by atoms with Gasteiger partial charge in [-0.3, -0.25) is 10.1 Å². The maximum Gasteiger partial charge on any atom is 0.412 e. The summed E-state index contributed by atoms with van der Waals surface area (Å²) in [7, 11) is 0. The van der Waals surface area contributed by atoms with Gasteiger partial charge in [-0.2, -0.15) is 5.26 Å². The second kappa shape index (κ2) is 7.93. The monoisotopic (exact) mass is 436 g/mol. The quantitative estimate of drug-likeness (QED) is 0.552. The molecule has 1 amide bonds. The lowest BCUT2D eigenvalue weighted by atomic mass is 10.1. The summed E-state index contributed by atoms with van der Waals surface area (Å²) in [5.74, 6) is 0. The molecule has 0 fully saturated rings. The molecule has 0 aliphatic carbocycles. The van der Waals surface area contributed by atoms with Gasteiger partial charge in [-0.25, -0.2) is 9.78 Å². The van der Waals surface area contributed by atoms with Crippen molar-refractivity contribution in [1.82, 2.24) is 9.97 Å². The van der Waals surface area contributed by atoms with Crippen LogP contribution in [0.25, 0.3) is 11.3 Å². The fourth-order valence-corrected chi connectivity index (χ4v) is 2.82. The molecule has 0 saturated carbocycles. The summed E-state index contributed by atoms with van der Waals surface area (Å²) in [6.45, 7) is 5.27. The first kappa shape index (κ1) is 20.0. The van der Waals surface area contributed by atoms with E-state index in [9.17, 15) is 14.9 Å². The molecule has 1 aromatic carbocycles. The van der Waals surface area contributed by atoms with E-state index in [0.29, 0.717) is 20.9 Å². The third-order valence-electron chi connectivity index (χ3n) is 3.08. The maximum absolute atomic E-state index is 12.2. The van der Waals surface area contributed by atoms with Crippen LogP contribution in [0.1, 0.15) is 26.3 Å². The van der Waals surface area contributed by atoms with E-state index >= 15 is 0 Å². The van der Waals surface area contributed by atoms with Crippen LogP contribution in [0.3, 0.4) is 0 Å². The number of nitrogens with zero attached hydrogens (tertiary/aromatic N) is 2. The van der Waals surface area contributed by atoms with E-state index in [4.69, 9.17) is 4.74 Å². The molecule has 0 atom stereocenters. The SMILES string of the molecule is CSc1nc(-c2cc(Br)ccc2NC(=O)OC(C)(C)C)c(C#N)c(=O)[nH]1. The predicted molar refractivity (Wildman–Crippen MR) is 104 cm³/mol. The minimum Gasteiger partial charge on any atom is -0.444 e. The molecule has 0 unspecified atom stereocenters. The Morgan fingerprint density at radius 1 is 1.42 bits per heavy atom. The van der Waals surface area contributed by atoms with Crippen LogP contribution in [-0.2, 0) is 4.74 Å². The first-order valence-electron chi connectivity index (χ1n) is 7.53. The van der Waals surface area contributed by atoms with Gasteiger partial charge in [-0.15, -0.1) is 0 Å². The highest BCUT2D eigenvalue weighted by Crippen LogP contribution is 2.32. The van der Waals surface area contributed by atoms with E-state index in [1.807, 2.05) is 6.07 Å². The van der Waals surface area contributed by atoms with Crippen molar-refractivity contribution in [3.05, 3.63) is 38.6 Å². The van der Waals surface area contributed by atoms with Gasteiger partial charge < -0.3 is 9.72 Å². The molecule has 1 heterocycles. The molecule has 9 heteroatoms. The molecule has 0 bridgehead atoms. The zero-order chi connectivity index (χ0) is 19.5. The number of H-pyrrole nitrogens is 1. The van der Waals surface area contributed by atoms with Crippen molar-refractivity contribution in [3.8, 4) is 17.3 Å². The van der Waals surface area contributed by atoms with Crippen molar-refractivity contribution in [2.24, 2.45) is 0 Å². The molecule has 136 valence electrons. The number of hydrogen-bond donors (Lipinski definition) is 2. The van der Waals surface area contributed by atoms with Crippen LogP contribution in [0.4, 0.5) is 10.5 Å². The van der Waals surface area contributed by atoms with Crippen LogP contribution < -0.4 is 10.9 Å². The maximum atomic E-state index is 12.2. The van der Waals surface area contributed by atoms with Gasteiger partial charge in [0.25, 0.3) is 5.56 Å². The van der Waals surface area contributed by atoms with Crippen molar-refractivity contribution in [2.45, 2.75) is 31.5 Å². The molecular formula is C17H17BrN4O3S. The van der Waals surface area contributed by atoms with E-state index in [2.05, 4.69) is 31.2 Å². The highest BCUT2D eigenvalue weighted by atomic mass is 79.9. The summed E-state index contributed by atoms with van der Waals surface area (Å²) in [6.07, 6.45) is 1.11. The van der Waals surface area contributed by atoms with E-state index in [-0.39, 0.29) is 11.3 Å². The predicted octanol–water partition coefficient (Wildman–Crippen LogP) is 4.14. The summed E-state index contributed by atoms with van der Waals surface area (Å²) in [5.41, 5.74) is -0.329. The molecule has 0 saturated heterocycles. The lowest BCUT2D eigenvalue weighted by molar-refractivity contribution is 0.0636. The Bertz CT molecular complexity index is 944. The zero-order valence-electron chi connectivity index (χ0n) is 14.6. The molecule has 2 N–H and O–H groups in total. The summed E-state index contributed by atoms with van der Waals surface area (Å²) in [6, 6.07) is 6.93. The van der Waals surface area contributed by atoms with Gasteiger partial charge in [0.15, 0.2) is 5.16 Å². The van der Waals surface area contributed by atoms with Crippen LogP contribution in [-0.4, -0.2) is 27.9 Å². The molecular weight excluding hydrogens is 420 g/mol. The number of halogens is 1. The van der Waals surface area contributed by atoms with Crippen molar-refractivity contribution in [3.63, 3.8) is 0 Å². The van der Waals surface area contributed by atoms with Crippen molar-refractivity contribution in [1.29, 1.82) is 5.26 Å². The average Bonchev–Trinajstić information content (AvgIpc) is 2.54. The molecule has 0 spiro atoms. The number of rotatable bonds is 3. The number of hydrogen-bond acceptors (Lipinski definition) is 6. The topological polar surface area (TPSA) is 108 Å². The molecule has 1 aromatic heterocycles. The smallest absolute Gasteiger partial charge is 0.412 e. The molecule has 0 aliphatic heterocycles. The van der Waals surface area contributed by atoms with Crippen LogP contribution in [0.15, 0.2) is 32.6 Å². The van der Waals surface area contributed by atoms with E-state index in [1.165, 1.54) is 11.8 Å². The first-order chi connectivity index (χ1) is 12.1. The van der Waals surface area contributed by atoms with E-state index in [1.54, 1.807) is 45.2 Å². The number of nitriles is 1. The highest BCUT2D eigenvalue weighted by Gasteiger charge is 2.20. The highest BCUT2D eigenvalue weighted by molar-refractivity contribution is 9.10. The number of aromatic amines is 1. The molecule has 7 nitrogen and oxygen atoms in total. The molecule has 26 heavy (non-hydrogen) atoms. The van der Waals surface area contributed by atoms with Gasteiger partial charge in [0, 0.05) is 10.0 Å². The zero-order valence-corrected chi connectivity index (χ0v) is 17.0. The Hall–Kier alpha value is -2.31. The minimum atomic E-state index is -0.661. The van der Waals surface area contributed by atoms with E-state index in [0.717, 1.165) is 0 Å². The average molecular weight is 437 g/mol. The van der Waals surface area contributed by atoms with Crippen molar-refractivity contribution < 1.29 is 9.53 Å². The number of aromatic nitrogens is 2. The summed E-state index contributed by atoms with van der Waals surface area (Å²) >= 11 is 4.61. The number of ether oxygens (including phenoxy) is 1. The number of nitrogens with one attached hydrogen (secondary N) is 2. The normalized spacial score (nSPS) is 10.9. The number of benzene rings is 1. The van der Waals surface area contributed by atoms with Gasteiger partial charge in [-0.1, -0.05) is 27.7 Å². The Morgan fingerprint density at radius 3 is 2.69 bits per heavy atom. The Labute approximate surface area is 163 Å².